The fourth-order valence-electron chi connectivity index (χ4n) is 4.75. The minimum absolute atomic E-state index is 0.0176. The molecule has 2 aromatic rings. The number of esters is 1. The van der Waals surface area contributed by atoms with E-state index in [1.807, 2.05) is 30.3 Å². The average molecular weight is 601 g/mol. The van der Waals surface area contributed by atoms with Gasteiger partial charge in [0.2, 0.25) is 5.91 Å². The largest absolute Gasteiger partial charge is 0.465 e. The van der Waals surface area contributed by atoms with Crippen LogP contribution in [0.1, 0.15) is 71.1 Å². The molecule has 1 aliphatic rings. The van der Waals surface area contributed by atoms with E-state index < -0.39 is 29.8 Å². The summed E-state index contributed by atoms with van der Waals surface area (Å²) in [5.74, 6) is -0.841. The Morgan fingerprint density at radius 2 is 1.79 bits per heavy atom. The van der Waals surface area contributed by atoms with Crippen molar-refractivity contribution < 1.29 is 33.4 Å². The monoisotopic (exact) mass is 600 g/mol. The number of benzene rings is 1. The first-order chi connectivity index (χ1) is 20.5. The number of aromatic nitrogens is 3. The Bertz CT molecular complexity index is 1190. The third kappa shape index (κ3) is 11.9. The second-order valence-electron chi connectivity index (χ2n) is 11.5. The summed E-state index contributed by atoms with van der Waals surface area (Å²) in [6.07, 6.45) is 5.18. The van der Waals surface area contributed by atoms with Crippen molar-refractivity contribution >= 4 is 24.1 Å². The van der Waals surface area contributed by atoms with Gasteiger partial charge in [-0.15, -0.1) is 5.10 Å². The maximum Gasteiger partial charge on any atom is 0.410 e. The molecule has 0 unspecified atom stereocenters. The summed E-state index contributed by atoms with van der Waals surface area (Å²) >= 11 is 0. The van der Waals surface area contributed by atoms with Crippen LogP contribution in [-0.4, -0.2) is 75.3 Å². The molecule has 13 heteroatoms. The molecule has 236 valence electrons. The molecule has 1 atom stereocenters. The van der Waals surface area contributed by atoms with Crippen molar-refractivity contribution in [2.75, 3.05) is 19.7 Å². The molecular weight excluding hydrogens is 556 g/mol. The number of carbonyl (C=O) groups is 4. The van der Waals surface area contributed by atoms with Crippen LogP contribution in [0.4, 0.5) is 9.59 Å². The molecule has 43 heavy (non-hydrogen) atoms. The predicted octanol–water partition coefficient (Wildman–Crippen LogP) is 3.57. The Hall–Kier alpha value is -4.16. The summed E-state index contributed by atoms with van der Waals surface area (Å²) in [6.45, 7) is 7.44. The summed E-state index contributed by atoms with van der Waals surface area (Å²) in [6, 6.07) is 8.51. The SMILES string of the molecule is CCOC(=O)CN(CCn1cc(CNC(=O)[C@H](NC(=O)OC(C)(C)C)C2CCCCC2)nn1)C(=O)OCc1ccccc1. The molecule has 3 rings (SSSR count). The van der Waals surface area contributed by atoms with Crippen LogP contribution in [0.2, 0.25) is 0 Å². The fraction of sp³-hybridized carbons (Fsp3) is 0.600. The first kappa shape index (κ1) is 33.3. The van der Waals surface area contributed by atoms with E-state index in [9.17, 15) is 19.2 Å². The van der Waals surface area contributed by atoms with Crippen molar-refractivity contribution in [1.29, 1.82) is 0 Å². The molecule has 0 radical (unpaired) electrons. The van der Waals surface area contributed by atoms with Crippen molar-refractivity contribution in [3.05, 3.63) is 47.8 Å². The molecule has 1 aliphatic carbocycles. The van der Waals surface area contributed by atoms with Gasteiger partial charge in [0.25, 0.3) is 0 Å². The van der Waals surface area contributed by atoms with Crippen molar-refractivity contribution in [2.24, 2.45) is 5.92 Å². The number of nitrogens with one attached hydrogen (secondary N) is 2. The van der Waals surface area contributed by atoms with Gasteiger partial charge in [0.05, 0.1) is 25.9 Å². The lowest BCUT2D eigenvalue weighted by Gasteiger charge is -2.30. The molecule has 0 saturated heterocycles. The van der Waals surface area contributed by atoms with Crippen LogP contribution in [0.5, 0.6) is 0 Å². The molecular formula is C30H44N6O7. The van der Waals surface area contributed by atoms with Crippen LogP contribution in [0.3, 0.4) is 0 Å². The molecule has 1 aromatic heterocycles. The molecule has 0 aliphatic heterocycles. The normalized spacial score (nSPS) is 14.3. The maximum atomic E-state index is 13.2. The van der Waals surface area contributed by atoms with E-state index in [1.165, 1.54) is 9.58 Å². The maximum absolute atomic E-state index is 13.2. The Morgan fingerprint density at radius 1 is 1.07 bits per heavy atom. The number of nitrogens with zero attached hydrogens (tertiary/aromatic N) is 4. The molecule has 3 amide bonds. The fourth-order valence-corrected chi connectivity index (χ4v) is 4.75. The minimum Gasteiger partial charge on any atom is -0.465 e. The van der Waals surface area contributed by atoms with Gasteiger partial charge in [-0.25, -0.2) is 9.59 Å². The first-order valence-corrected chi connectivity index (χ1v) is 14.8. The second kappa shape index (κ2) is 16.5. The van der Waals surface area contributed by atoms with E-state index in [-0.39, 0.29) is 51.2 Å². The highest BCUT2D eigenvalue weighted by Crippen LogP contribution is 2.27. The molecule has 13 nitrogen and oxygen atoms in total. The van der Waals surface area contributed by atoms with E-state index in [4.69, 9.17) is 14.2 Å². The summed E-state index contributed by atoms with van der Waals surface area (Å²) < 4.78 is 17.3. The summed E-state index contributed by atoms with van der Waals surface area (Å²) in [7, 11) is 0. The van der Waals surface area contributed by atoms with Crippen molar-refractivity contribution in [3.8, 4) is 0 Å². The van der Waals surface area contributed by atoms with Crippen molar-refractivity contribution in [3.63, 3.8) is 0 Å². The minimum atomic E-state index is -0.719. The van der Waals surface area contributed by atoms with Gasteiger partial charge < -0.3 is 24.8 Å². The van der Waals surface area contributed by atoms with E-state index >= 15 is 0 Å². The standard InChI is InChI=1S/C30H44N6O7/c1-5-41-25(37)20-35(29(40)42-21-22-12-8-6-9-13-22)16-17-36-19-24(33-34-36)18-31-27(38)26(23-14-10-7-11-15-23)32-28(39)43-30(2,3)4/h6,8-9,12-13,19,23,26H,5,7,10-11,14-18,20-21H2,1-4H3,(H,31,38)(H,32,39)/t26-/m1/s1. The van der Waals surface area contributed by atoms with E-state index in [0.717, 1.165) is 37.7 Å². The number of hydrogen-bond donors (Lipinski definition) is 2. The molecule has 1 heterocycles. The van der Waals surface area contributed by atoms with Crippen LogP contribution >= 0.6 is 0 Å². The molecule has 0 spiro atoms. The number of amides is 3. The quantitative estimate of drug-likeness (QED) is 0.259. The zero-order valence-electron chi connectivity index (χ0n) is 25.5. The van der Waals surface area contributed by atoms with Crippen LogP contribution in [0.25, 0.3) is 0 Å². The topological polar surface area (TPSA) is 154 Å². The lowest BCUT2D eigenvalue weighted by molar-refractivity contribution is -0.144. The van der Waals surface area contributed by atoms with Crippen LogP contribution in [-0.2, 0) is 43.5 Å². The van der Waals surface area contributed by atoms with Gasteiger partial charge >= 0.3 is 18.2 Å². The third-order valence-corrected chi connectivity index (χ3v) is 6.79. The zero-order chi connectivity index (χ0) is 31.2. The van der Waals surface area contributed by atoms with E-state index in [2.05, 4.69) is 20.9 Å². The number of ether oxygens (including phenoxy) is 3. The Morgan fingerprint density at radius 3 is 2.47 bits per heavy atom. The van der Waals surface area contributed by atoms with Gasteiger partial charge in [-0.05, 0) is 52.0 Å². The van der Waals surface area contributed by atoms with Gasteiger partial charge in [-0.3, -0.25) is 19.2 Å². The van der Waals surface area contributed by atoms with Gasteiger partial charge in [0.1, 0.15) is 30.5 Å². The number of carbonyl (C=O) groups excluding carboxylic acids is 4. The number of alkyl carbamates (subject to hydrolysis) is 1. The third-order valence-electron chi connectivity index (χ3n) is 6.79. The smallest absolute Gasteiger partial charge is 0.410 e. The van der Waals surface area contributed by atoms with E-state index in [0.29, 0.717) is 5.69 Å². The van der Waals surface area contributed by atoms with Gasteiger partial charge in [0, 0.05) is 6.54 Å². The van der Waals surface area contributed by atoms with Gasteiger partial charge in [0.15, 0.2) is 0 Å². The number of rotatable bonds is 13. The number of hydrogen-bond acceptors (Lipinski definition) is 9. The summed E-state index contributed by atoms with van der Waals surface area (Å²) in [5.41, 5.74) is 0.638. The Kier molecular flexibility index (Phi) is 12.8. The van der Waals surface area contributed by atoms with Gasteiger partial charge in [-0.2, -0.15) is 0 Å². The Balaban J connectivity index is 1.56. The highest BCUT2D eigenvalue weighted by Gasteiger charge is 2.32. The van der Waals surface area contributed by atoms with Crippen LogP contribution < -0.4 is 10.6 Å². The molecule has 1 fully saturated rings. The summed E-state index contributed by atoms with van der Waals surface area (Å²) in [5, 5.41) is 13.8. The van der Waals surface area contributed by atoms with Crippen LogP contribution in [0, 0.1) is 5.92 Å². The lowest BCUT2D eigenvalue weighted by Crippen LogP contribution is -2.52. The summed E-state index contributed by atoms with van der Waals surface area (Å²) in [4.78, 5) is 51.8. The molecule has 2 N–H and O–H groups in total. The van der Waals surface area contributed by atoms with Crippen molar-refractivity contribution in [1.82, 2.24) is 30.5 Å². The zero-order valence-corrected chi connectivity index (χ0v) is 25.5. The molecule has 1 saturated carbocycles. The van der Waals surface area contributed by atoms with Crippen LogP contribution in [0.15, 0.2) is 36.5 Å². The van der Waals surface area contributed by atoms with E-state index in [1.54, 1.807) is 33.9 Å². The second-order valence-corrected chi connectivity index (χ2v) is 11.5. The highest BCUT2D eigenvalue weighted by molar-refractivity contribution is 5.86. The van der Waals surface area contributed by atoms with Gasteiger partial charge in [-0.1, -0.05) is 54.8 Å². The highest BCUT2D eigenvalue weighted by atomic mass is 16.6. The predicted molar refractivity (Wildman–Crippen MR) is 156 cm³/mol. The lowest BCUT2D eigenvalue weighted by atomic mass is 9.83. The van der Waals surface area contributed by atoms with Crippen molar-refractivity contribution in [2.45, 2.75) is 91.1 Å². The average Bonchev–Trinajstić information content (AvgIpc) is 3.43. The Labute approximate surface area is 252 Å². The molecule has 1 aromatic carbocycles. The molecule has 0 bridgehead atoms. The first-order valence-electron chi connectivity index (χ1n) is 14.8.